The van der Waals surface area contributed by atoms with Gasteiger partial charge >= 0.3 is 0 Å². The van der Waals surface area contributed by atoms with Crippen LogP contribution in [0.15, 0.2) is 27.4 Å². The zero-order valence-electron chi connectivity index (χ0n) is 12.7. The molecule has 0 unspecified atom stereocenters. The average Bonchev–Trinajstić information content (AvgIpc) is 2.55. The van der Waals surface area contributed by atoms with Crippen LogP contribution in [-0.4, -0.2) is 26.3 Å². The molecule has 1 aromatic rings. The largest absolute Gasteiger partial charge is 0.497 e. The minimum absolute atomic E-state index is 0.128. The van der Waals surface area contributed by atoms with Crippen molar-refractivity contribution in [3.63, 3.8) is 0 Å². The van der Waals surface area contributed by atoms with Gasteiger partial charge < -0.3 is 18.6 Å². The molecule has 0 saturated heterocycles. The quantitative estimate of drug-likeness (QED) is 0.693. The second-order valence-corrected chi connectivity index (χ2v) is 4.75. The smallest absolute Gasteiger partial charge is 0.231 e. The fraction of sp³-hybridized carbons (Fsp3) is 0.250. The Kier molecular flexibility index (Phi) is 3.36. The van der Waals surface area contributed by atoms with Crippen LogP contribution in [0.2, 0.25) is 0 Å². The van der Waals surface area contributed by atoms with Gasteiger partial charge in [-0.25, -0.2) is 4.98 Å². The van der Waals surface area contributed by atoms with Crippen molar-refractivity contribution in [3.8, 4) is 28.7 Å². The molecule has 22 heavy (non-hydrogen) atoms. The highest BCUT2D eigenvalue weighted by molar-refractivity contribution is 5.81. The summed E-state index contributed by atoms with van der Waals surface area (Å²) in [7, 11) is 4.46. The highest BCUT2D eigenvalue weighted by Crippen LogP contribution is 2.39. The minimum Gasteiger partial charge on any atom is -0.497 e. The van der Waals surface area contributed by atoms with E-state index >= 15 is 0 Å². The molecule has 6 nitrogen and oxygen atoms in total. The van der Waals surface area contributed by atoms with Crippen LogP contribution in [0.4, 0.5) is 0 Å². The van der Waals surface area contributed by atoms with Crippen LogP contribution in [0.1, 0.15) is 5.56 Å². The van der Waals surface area contributed by atoms with E-state index < -0.39 is 0 Å². The van der Waals surface area contributed by atoms with Crippen LogP contribution in [0.3, 0.4) is 0 Å². The number of rotatable bonds is 3. The maximum Gasteiger partial charge on any atom is 0.231 e. The first-order valence-corrected chi connectivity index (χ1v) is 6.63. The van der Waals surface area contributed by atoms with Crippen LogP contribution in [0.25, 0.3) is 22.6 Å². The predicted octanol–water partition coefficient (Wildman–Crippen LogP) is 2.63. The minimum atomic E-state index is -0.278. The Morgan fingerprint density at radius 1 is 1.05 bits per heavy atom. The Bertz CT molecular complexity index is 884. The lowest BCUT2D eigenvalue weighted by Gasteiger charge is -2.15. The monoisotopic (exact) mass is 301 g/mol. The zero-order valence-corrected chi connectivity index (χ0v) is 12.7. The lowest BCUT2D eigenvalue weighted by molar-refractivity contribution is 0.350. The second kappa shape index (κ2) is 5.22. The van der Waals surface area contributed by atoms with Crippen LogP contribution in [0.5, 0.6) is 17.2 Å². The standard InChI is InChI=1S/C16H15NO5/c1-8-13(18)16(21-4)15(20-3)12-14(8)22-11-7-9(19-2)5-6-10(11)17-12/h5-7H,1-4H3. The summed E-state index contributed by atoms with van der Waals surface area (Å²) in [6.45, 7) is 1.67. The molecular weight excluding hydrogens is 286 g/mol. The van der Waals surface area contributed by atoms with Crippen LogP contribution in [0, 0.1) is 6.92 Å². The van der Waals surface area contributed by atoms with Gasteiger partial charge in [-0.15, -0.1) is 0 Å². The van der Waals surface area contributed by atoms with Crippen LogP contribution in [-0.2, 0) is 0 Å². The van der Waals surface area contributed by atoms with Gasteiger partial charge in [0.15, 0.2) is 22.8 Å². The topological polar surface area (TPSA) is 70.8 Å². The molecule has 114 valence electrons. The maximum absolute atomic E-state index is 12.3. The number of fused-ring (bicyclic) bond motifs is 2. The number of methoxy groups -OCH3 is 3. The van der Waals surface area contributed by atoms with Gasteiger partial charge in [0.2, 0.25) is 11.2 Å². The average molecular weight is 301 g/mol. The van der Waals surface area contributed by atoms with E-state index in [-0.39, 0.29) is 16.9 Å². The summed E-state index contributed by atoms with van der Waals surface area (Å²) in [6, 6.07) is 5.29. The van der Waals surface area contributed by atoms with Crippen molar-refractivity contribution in [2.45, 2.75) is 6.92 Å². The van der Waals surface area contributed by atoms with Gasteiger partial charge in [-0.2, -0.15) is 0 Å². The third-order valence-corrected chi connectivity index (χ3v) is 3.54. The second-order valence-electron chi connectivity index (χ2n) is 4.75. The van der Waals surface area contributed by atoms with Crippen LogP contribution < -0.4 is 19.6 Å². The summed E-state index contributed by atoms with van der Waals surface area (Å²) in [5.74, 6) is 1.43. The van der Waals surface area contributed by atoms with E-state index in [1.165, 1.54) is 14.2 Å². The molecule has 0 amide bonds. The van der Waals surface area contributed by atoms with E-state index in [2.05, 4.69) is 4.98 Å². The number of hydrogen-bond donors (Lipinski definition) is 0. The van der Waals surface area contributed by atoms with E-state index in [0.29, 0.717) is 33.9 Å². The summed E-state index contributed by atoms with van der Waals surface area (Å²) in [4.78, 5) is 16.9. The molecule has 0 atom stereocenters. The molecule has 1 aliphatic carbocycles. The van der Waals surface area contributed by atoms with Crippen molar-refractivity contribution in [1.82, 2.24) is 4.98 Å². The van der Waals surface area contributed by atoms with E-state index in [1.54, 1.807) is 32.2 Å². The van der Waals surface area contributed by atoms with E-state index in [9.17, 15) is 4.79 Å². The molecule has 0 spiro atoms. The highest BCUT2D eigenvalue weighted by atomic mass is 16.5. The maximum atomic E-state index is 12.3. The number of hydrogen-bond acceptors (Lipinski definition) is 6. The first-order valence-electron chi connectivity index (χ1n) is 6.63. The molecule has 2 aliphatic rings. The summed E-state index contributed by atoms with van der Waals surface area (Å²) in [6.07, 6.45) is 0. The molecule has 0 fully saturated rings. The van der Waals surface area contributed by atoms with Gasteiger partial charge in [0.1, 0.15) is 11.3 Å². The van der Waals surface area contributed by atoms with Crippen molar-refractivity contribution >= 4 is 11.1 Å². The Labute approximate surface area is 126 Å². The van der Waals surface area contributed by atoms with Crippen molar-refractivity contribution in [3.05, 3.63) is 34.0 Å². The summed E-state index contributed by atoms with van der Waals surface area (Å²) in [5, 5.41) is 0. The lowest BCUT2D eigenvalue weighted by atomic mass is 10.1. The van der Waals surface area contributed by atoms with E-state index in [1.807, 2.05) is 0 Å². The molecule has 0 radical (unpaired) electrons. The first kappa shape index (κ1) is 14.2. The molecule has 0 bridgehead atoms. The zero-order chi connectivity index (χ0) is 15.9. The molecular formula is C16H15NO5. The molecule has 0 aromatic heterocycles. The molecule has 1 aliphatic heterocycles. The number of benzene rings is 2. The van der Waals surface area contributed by atoms with Crippen LogP contribution >= 0.6 is 0 Å². The van der Waals surface area contributed by atoms with Crippen molar-refractivity contribution in [1.29, 1.82) is 0 Å². The molecule has 6 heteroatoms. The Balaban J connectivity index is 2.46. The first-order chi connectivity index (χ1) is 10.6. The molecule has 3 rings (SSSR count). The van der Waals surface area contributed by atoms with Gasteiger partial charge in [0.25, 0.3) is 0 Å². The van der Waals surface area contributed by atoms with Crippen molar-refractivity contribution in [2.24, 2.45) is 0 Å². The summed E-state index contributed by atoms with van der Waals surface area (Å²) in [5.41, 5.74) is 1.76. The fourth-order valence-corrected chi connectivity index (χ4v) is 2.39. The Morgan fingerprint density at radius 2 is 1.77 bits per heavy atom. The third kappa shape index (κ3) is 1.95. The third-order valence-electron chi connectivity index (χ3n) is 3.54. The van der Waals surface area contributed by atoms with Gasteiger partial charge in [-0.1, -0.05) is 0 Å². The van der Waals surface area contributed by atoms with E-state index in [4.69, 9.17) is 18.6 Å². The van der Waals surface area contributed by atoms with Gasteiger partial charge in [0.05, 0.1) is 21.3 Å². The van der Waals surface area contributed by atoms with Gasteiger partial charge in [-0.3, -0.25) is 4.79 Å². The number of ether oxygens (including phenoxy) is 3. The lowest BCUT2D eigenvalue weighted by Crippen LogP contribution is -2.14. The van der Waals surface area contributed by atoms with Crippen molar-refractivity contribution in [2.75, 3.05) is 21.3 Å². The van der Waals surface area contributed by atoms with Gasteiger partial charge in [-0.05, 0) is 19.1 Å². The summed E-state index contributed by atoms with van der Waals surface area (Å²) < 4.78 is 21.5. The number of aromatic nitrogens is 1. The highest BCUT2D eigenvalue weighted by Gasteiger charge is 2.26. The predicted molar refractivity (Wildman–Crippen MR) is 81.3 cm³/mol. The Morgan fingerprint density at radius 3 is 2.41 bits per heavy atom. The van der Waals surface area contributed by atoms with Crippen molar-refractivity contribution < 1.29 is 18.6 Å². The molecule has 1 aromatic carbocycles. The number of nitrogens with zero attached hydrogens (tertiary/aromatic N) is 1. The molecule has 1 heterocycles. The molecule has 0 saturated carbocycles. The van der Waals surface area contributed by atoms with Gasteiger partial charge in [0, 0.05) is 11.6 Å². The Hall–Kier alpha value is -2.76. The SMILES string of the molecule is COc1ccc2nc3c(OC)c(OC)c(=O)c(C)c-3oc2c1. The normalized spacial score (nSPS) is 10.9. The van der Waals surface area contributed by atoms with E-state index in [0.717, 1.165) is 0 Å². The molecule has 0 N–H and O–H groups in total. The fourth-order valence-electron chi connectivity index (χ4n) is 2.39. The summed E-state index contributed by atoms with van der Waals surface area (Å²) >= 11 is 0.